The molecule has 3 heteroatoms. The van der Waals surface area contributed by atoms with Crippen molar-refractivity contribution in [3.63, 3.8) is 0 Å². The lowest BCUT2D eigenvalue weighted by Crippen LogP contribution is -2.13. The van der Waals surface area contributed by atoms with Crippen molar-refractivity contribution < 1.29 is 14.3 Å². The number of rotatable bonds is 5. The molecule has 0 heterocycles. The van der Waals surface area contributed by atoms with Crippen LogP contribution < -0.4 is 0 Å². The van der Waals surface area contributed by atoms with E-state index < -0.39 is 6.10 Å². The van der Waals surface area contributed by atoms with E-state index in [1.54, 1.807) is 12.1 Å². The van der Waals surface area contributed by atoms with E-state index in [1.165, 1.54) is 6.92 Å². The summed E-state index contributed by atoms with van der Waals surface area (Å²) in [5, 5.41) is 0. The van der Waals surface area contributed by atoms with Crippen LogP contribution in [0.5, 0.6) is 0 Å². The van der Waals surface area contributed by atoms with E-state index in [-0.39, 0.29) is 18.2 Å². The molecule has 0 unspecified atom stereocenters. The summed E-state index contributed by atoms with van der Waals surface area (Å²) >= 11 is 0. The number of hydrogen-bond acceptors (Lipinski definition) is 3. The Kier molecular flexibility index (Phi) is 4.66. The van der Waals surface area contributed by atoms with E-state index in [2.05, 4.69) is 0 Å². The molecule has 3 nitrogen and oxygen atoms in total. The molecule has 2 rings (SSSR count). The van der Waals surface area contributed by atoms with Gasteiger partial charge in [0.05, 0.1) is 6.42 Å². The first-order chi connectivity index (χ1) is 9.66. The van der Waals surface area contributed by atoms with Gasteiger partial charge in [0.25, 0.3) is 0 Å². The Labute approximate surface area is 118 Å². The lowest BCUT2D eigenvalue weighted by Gasteiger charge is -2.16. The fraction of sp³-hybridized carbons (Fsp3) is 0.176. The Balaban J connectivity index is 2.16. The molecule has 0 bridgehead atoms. The average molecular weight is 268 g/mol. The van der Waals surface area contributed by atoms with Crippen LogP contribution in [0.2, 0.25) is 0 Å². The Morgan fingerprint density at radius 1 is 0.950 bits per heavy atom. The Bertz CT molecular complexity index is 576. The third kappa shape index (κ3) is 3.79. The summed E-state index contributed by atoms with van der Waals surface area (Å²) in [6, 6.07) is 18.3. The molecule has 0 N–H and O–H groups in total. The first kappa shape index (κ1) is 14.0. The van der Waals surface area contributed by atoms with Crippen LogP contribution in [0, 0.1) is 0 Å². The van der Waals surface area contributed by atoms with Crippen LogP contribution >= 0.6 is 0 Å². The molecule has 2 aromatic carbocycles. The average Bonchev–Trinajstić information content (AvgIpc) is 2.48. The fourth-order valence-corrected chi connectivity index (χ4v) is 2.01. The molecule has 0 fully saturated rings. The zero-order valence-electron chi connectivity index (χ0n) is 11.3. The van der Waals surface area contributed by atoms with Crippen molar-refractivity contribution in [2.45, 2.75) is 19.4 Å². The van der Waals surface area contributed by atoms with Gasteiger partial charge in [-0.2, -0.15) is 0 Å². The van der Waals surface area contributed by atoms with Gasteiger partial charge in [0, 0.05) is 12.5 Å². The molecule has 1 atom stereocenters. The second-order valence-corrected chi connectivity index (χ2v) is 4.50. The number of carbonyl (C=O) groups is 2. The predicted molar refractivity (Wildman–Crippen MR) is 76.3 cm³/mol. The quantitative estimate of drug-likeness (QED) is 0.615. The van der Waals surface area contributed by atoms with Crippen molar-refractivity contribution in [2.24, 2.45) is 0 Å². The number of carbonyl (C=O) groups excluding carboxylic acids is 2. The van der Waals surface area contributed by atoms with E-state index in [0.717, 1.165) is 5.56 Å². The zero-order chi connectivity index (χ0) is 14.4. The van der Waals surface area contributed by atoms with Crippen LogP contribution in [-0.2, 0) is 9.53 Å². The van der Waals surface area contributed by atoms with Crippen LogP contribution in [0.4, 0.5) is 0 Å². The molecule has 0 spiro atoms. The lowest BCUT2D eigenvalue weighted by atomic mass is 10.00. The Morgan fingerprint density at radius 2 is 1.50 bits per heavy atom. The van der Waals surface area contributed by atoms with E-state index in [0.29, 0.717) is 5.56 Å². The maximum absolute atomic E-state index is 12.2. The summed E-state index contributed by atoms with van der Waals surface area (Å²) in [4.78, 5) is 23.4. The molecular weight excluding hydrogens is 252 g/mol. The third-order valence-electron chi connectivity index (χ3n) is 2.95. The van der Waals surface area contributed by atoms with Gasteiger partial charge >= 0.3 is 5.97 Å². The molecule has 0 aliphatic rings. The number of ketones is 1. The molecule has 0 amide bonds. The van der Waals surface area contributed by atoms with Crippen LogP contribution in [-0.4, -0.2) is 11.8 Å². The second-order valence-electron chi connectivity index (χ2n) is 4.50. The normalized spacial score (nSPS) is 11.7. The topological polar surface area (TPSA) is 43.4 Å². The minimum atomic E-state index is -0.540. The molecule has 0 aliphatic heterocycles. The highest BCUT2D eigenvalue weighted by molar-refractivity contribution is 5.96. The smallest absolute Gasteiger partial charge is 0.303 e. The van der Waals surface area contributed by atoms with Gasteiger partial charge in [-0.15, -0.1) is 0 Å². The van der Waals surface area contributed by atoms with E-state index in [1.807, 2.05) is 48.5 Å². The van der Waals surface area contributed by atoms with Crippen molar-refractivity contribution in [2.75, 3.05) is 0 Å². The maximum Gasteiger partial charge on any atom is 0.303 e. The third-order valence-corrected chi connectivity index (χ3v) is 2.95. The summed E-state index contributed by atoms with van der Waals surface area (Å²) in [5.74, 6) is -0.430. The maximum atomic E-state index is 12.2. The molecule has 0 saturated carbocycles. The van der Waals surface area contributed by atoms with Crippen molar-refractivity contribution in [1.29, 1.82) is 0 Å². The summed E-state index contributed by atoms with van der Waals surface area (Å²) < 4.78 is 5.27. The van der Waals surface area contributed by atoms with Gasteiger partial charge in [-0.25, -0.2) is 0 Å². The number of esters is 1. The van der Waals surface area contributed by atoms with E-state index in [9.17, 15) is 9.59 Å². The van der Waals surface area contributed by atoms with Gasteiger partial charge in [0.2, 0.25) is 0 Å². The summed E-state index contributed by atoms with van der Waals surface area (Å²) in [6.45, 7) is 1.35. The van der Waals surface area contributed by atoms with Crippen LogP contribution in [0.15, 0.2) is 60.7 Å². The minimum absolute atomic E-state index is 0.0410. The molecule has 0 aliphatic carbocycles. The van der Waals surface area contributed by atoms with Gasteiger partial charge in [-0.1, -0.05) is 60.7 Å². The molecule has 0 aromatic heterocycles. The van der Waals surface area contributed by atoms with Crippen molar-refractivity contribution in [3.8, 4) is 0 Å². The predicted octanol–water partition coefficient (Wildman–Crippen LogP) is 3.56. The molecule has 102 valence electrons. The van der Waals surface area contributed by atoms with E-state index >= 15 is 0 Å². The second kappa shape index (κ2) is 6.66. The summed E-state index contributed by atoms with van der Waals surface area (Å²) in [7, 11) is 0. The van der Waals surface area contributed by atoms with Crippen molar-refractivity contribution in [1.82, 2.24) is 0 Å². The van der Waals surface area contributed by atoms with Crippen LogP contribution in [0.25, 0.3) is 0 Å². The number of benzene rings is 2. The van der Waals surface area contributed by atoms with Gasteiger partial charge in [0.15, 0.2) is 5.78 Å². The Hall–Kier alpha value is -2.42. The number of hydrogen-bond donors (Lipinski definition) is 0. The largest absolute Gasteiger partial charge is 0.457 e. The molecular formula is C17H16O3. The monoisotopic (exact) mass is 268 g/mol. The molecule has 2 aromatic rings. The SMILES string of the molecule is CC(=O)O[C@@H](CC(=O)c1ccccc1)c1ccccc1. The highest BCUT2D eigenvalue weighted by Gasteiger charge is 2.19. The first-order valence-electron chi connectivity index (χ1n) is 6.47. The minimum Gasteiger partial charge on any atom is -0.457 e. The molecule has 0 radical (unpaired) electrons. The van der Waals surface area contributed by atoms with Crippen molar-refractivity contribution >= 4 is 11.8 Å². The first-order valence-corrected chi connectivity index (χ1v) is 6.47. The van der Waals surface area contributed by atoms with Crippen LogP contribution in [0.1, 0.15) is 35.4 Å². The zero-order valence-corrected chi connectivity index (χ0v) is 11.3. The summed E-state index contributed by atoms with van der Waals surface area (Å²) in [5.41, 5.74) is 1.45. The summed E-state index contributed by atoms with van der Waals surface area (Å²) in [6.07, 6.45) is -0.394. The van der Waals surface area contributed by atoms with Gasteiger partial charge in [0.1, 0.15) is 6.10 Å². The highest BCUT2D eigenvalue weighted by Crippen LogP contribution is 2.23. The number of Topliss-reactive ketones (excluding diaryl/α,β-unsaturated/α-hetero) is 1. The van der Waals surface area contributed by atoms with E-state index in [4.69, 9.17) is 4.74 Å². The van der Waals surface area contributed by atoms with Gasteiger partial charge < -0.3 is 4.74 Å². The lowest BCUT2D eigenvalue weighted by molar-refractivity contribution is -0.146. The van der Waals surface area contributed by atoms with Crippen LogP contribution in [0.3, 0.4) is 0 Å². The molecule has 0 saturated heterocycles. The molecule has 20 heavy (non-hydrogen) atoms. The van der Waals surface area contributed by atoms with Gasteiger partial charge in [-0.3, -0.25) is 9.59 Å². The van der Waals surface area contributed by atoms with Crippen molar-refractivity contribution in [3.05, 3.63) is 71.8 Å². The van der Waals surface area contributed by atoms with Gasteiger partial charge in [-0.05, 0) is 5.56 Å². The standard InChI is InChI=1S/C17H16O3/c1-13(18)20-17(15-10-6-3-7-11-15)12-16(19)14-8-4-2-5-9-14/h2-11,17H,12H2,1H3/t17-/m0/s1. The fourth-order valence-electron chi connectivity index (χ4n) is 2.01. The highest BCUT2D eigenvalue weighted by atomic mass is 16.5. The number of ether oxygens (including phenoxy) is 1. The Morgan fingerprint density at radius 3 is 2.05 bits per heavy atom.